The van der Waals surface area contributed by atoms with E-state index in [1.165, 1.54) is 6.26 Å². The minimum absolute atomic E-state index is 0.00865. The summed E-state index contributed by atoms with van der Waals surface area (Å²) in [5, 5.41) is 0. The lowest BCUT2D eigenvalue weighted by Crippen LogP contribution is -2.37. The lowest BCUT2D eigenvalue weighted by atomic mass is 9.95. The third-order valence-electron chi connectivity index (χ3n) is 3.90. The molecule has 0 saturated carbocycles. The van der Waals surface area contributed by atoms with Gasteiger partial charge < -0.3 is 15.1 Å². The van der Waals surface area contributed by atoms with Crippen LogP contribution in [-0.2, 0) is 4.79 Å². The summed E-state index contributed by atoms with van der Waals surface area (Å²) in [6.45, 7) is 2.75. The molecule has 1 aromatic heterocycles. The monoisotopic (exact) mass is 318 g/mol. The Morgan fingerprint density at radius 2 is 2.00 bits per heavy atom. The average Bonchev–Trinajstić information content (AvgIpc) is 3.04. The highest BCUT2D eigenvalue weighted by molar-refractivity contribution is 5.94. The number of nitrogens with zero attached hydrogens (tertiary/aromatic N) is 1. The molecular weight excluding hydrogens is 301 g/mol. The molecule has 0 aromatic carbocycles. The first kappa shape index (κ1) is 16.4. The van der Waals surface area contributed by atoms with E-state index in [-0.39, 0.29) is 18.2 Å². The van der Waals surface area contributed by atoms with Gasteiger partial charge in [0.15, 0.2) is 5.76 Å². The van der Waals surface area contributed by atoms with Crippen molar-refractivity contribution in [1.29, 1.82) is 0 Å². The van der Waals surface area contributed by atoms with Gasteiger partial charge in [-0.3, -0.25) is 9.59 Å². The SMILES string of the molecule is CC(C)c1ccoc1C(=O)N1C[C@@H](C(F)(F)F)[C@H](C(N)=O)C1. The largest absolute Gasteiger partial charge is 0.459 e. The number of hydrogen-bond acceptors (Lipinski definition) is 3. The zero-order chi connectivity index (χ0) is 16.7. The third kappa shape index (κ3) is 2.95. The first-order valence-corrected chi connectivity index (χ1v) is 6.85. The fourth-order valence-electron chi connectivity index (χ4n) is 2.68. The number of amides is 2. The minimum Gasteiger partial charge on any atom is -0.459 e. The first-order valence-electron chi connectivity index (χ1n) is 6.85. The number of rotatable bonds is 3. The van der Waals surface area contributed by atoms with Crippen molar-refractivity contribution in [2.24, 2.45) is 17.6 Å². The molecule has 2 rings (SSSR count). The number of primary amides is 1. The maximum absolute atomic E-state index is 13.0. The van der Waals surface area contributed by atoms with Crippen LogP contribution in [0.15, 0.2) is 16.7 Å². The molecule has 0 unspecified atom stereocenters. The van der Waals surface area contributed by atoms with Crippen LogP contribution >= 0.6 is 0 Å². The number of halogens is 3. The van der Waals surface area contributed by atoms with Gasteiger partial charge in [0, 0.05) is 18.7 Å². The van der Waals surface area contributed by atoms with Crippen molar-refractivity contribution < 1.29 is 27.2 Å². The molecular formula is C14H17F3N2O3. The van der Waals surface area contributed by atoms with Crippen LogP contribution in [0.5, 0.6) is 0 Å². The van der Waals surface area contributed by atoms with E-state index in [0.29, 0.717) is 5.56 Å². The molecule has 1 fully saturated rings. The molecule has 2 N–H and O–H groups in total. The molecule has 2 amide bonds. The van der Waals surface area contributed by atoms with E-state index in [1.807, 2.05) is 13.8 Å². The molecule has 1 saturated heterocycles. The smallest absolute Gasteiger partial charge is 0.394 e. The summed E-state index contributed by atoms with van der Waals surface area (Å²) in [4.78, 5) is 24.6. The van der Waals surface area contributed by atoms with Crippen molar-refractivity contribution in [3.05, 3.63) is 23.7 Å². The van der Waals surface area contributed by atoms with Crippen LogP contribution in [0.3, 0.4) is 0 Å². The van der Waals surface area contributed by atoms with Crippen LogP contribution in [0, 0.1) is 11.8 Å². The van der Waals surface area contributed by atoms with Crippen LogP contribution in [0.4, 0.5) is 13.2 Å². The number of furan rings is 1. The van der Waals surface area contributed by atoms with Crippen molar-refractivity contribution in [2.45, 2.75) is 25.9 Å². The number of hydrogen-bond donors (Lipinski definition) is 1. The maximum atomic E-state index is 13.0. The van der Waals surface area contributed by atoms with E-state index < -0.39 is 36.4 Å². The van der Waals surface area contributed by atoms with Crippen molar-refractivity contribution >= 4 is 11.8 Å². The highest BCUT2D eigenvalue weighted by Gasteiger charge is 2.53. The predicted octanol–water partition coefficient (Wildman–Crippen LogP) is 2.14. The summed E-state index contributed by atoms with van der Waals surface area (Å²) in [6, 6.07) is 1.61. The van der Waals surface area contributed by atoms with Gasteiger partial charge in [-0.2, -0.15) is 13.2 Å². The van der Waals surface area contributed by atoms with Crippen LogP contribution in [0.2, 0.25) is 0 Å². The van der Waals surface area contributed by atoms with Gasteiger partial charge in [-0.1, -0.05) is 13.8 Å². The second kappa shape index (κ2) is 5.66. The van der Waals surface area contributed by atoms with Crippen LogP contribution in [-0.4, -0.2) is 36.0 Å². The summed E-state index contributed by atoms with van der Waals surface area (Å²) in [7, 11) is 0. The van der Waals surface area contributed by atoms with Gasteiger partial charge in [0.25, 0.3) is 5.91 Å². The van der Waals surface area contributed by atoms with E-state index in [4.69, 9.17) is 10.2 Å². The molecule has 1 aromatic rings. The normalized spacial score (nSPS) is 22.4. The Kier molecular flexibility index (Phi) is 4.21. The quantitative estimate of drug-likeness (QED) is 0.927. The van der Waals surface area contributed by atoms with Gasteiger partial charge in [0.05, 0.1) is 18.1 Å². The summed E-state index contributed by atoms with van der Waals surface area (Å²) in [5.41, 5.74) is 5.67. The molecule has 2 heterocycles. The Labute approximate surface area is 125 Å². The van der Waals surface area contributed by atoms with E-state index >= 15 is 0 Å². The summed E-state index contributed by atoms with van der Waals surface area (Å²) in [5.74, 6) is -5.06. The van der Waals surface area contributed by atoms with Gasteiger partial charge in [-0.25, -0.2) is 0 Å². The van der Waals surface area contributed by atoms with E-state index in [0.717, 1.165) is 4.90 Å². The maximum Gasteiger partial charge on any atom is 0.394 e. The summed E-state index contributed by atoms with van der Waals surface area (Å²) >= 11 is 0. The fourth-order valence-corrected chi connectivity index (χ4v) is 2.68. The second-order valence-electron chi connectivity index (χ2n) is 5.73. The molecule has 1 aliphatic rings. The average molecular weight is 318 g/mol. The van der Waals surface area contributed by atoms with Gasteiger partial charge in [-0.15, -0.1) is 0 Å². The predicted molar refractivity (Wildman–Crippen MR) is 70.9 cm³/mol. The van der Waals surface area contributed by atoms with Gasteiger partial charge in [-0.05, 0) is 12.0 Å². The standard InChI is InChI=1S/C14H17F3N2O3/c1-7(2)8-3-4-22-11(8)13(21)19-5-9(12(18)20)10(6-19)14(15,16)17/h3-4,7,9-10H,5-6H2,1-2H3,(H2,18,20)/t9-,10-/m1/s1. The highest BCUT2D eigenvalue weighted by Crippen LogP contribution is 2.38. The van der Waals surface area contributed by atoms with Crippen molar-refractivity contribution in [1.82, 2.24) is 4.90 Å². The number of nitrogens with two attached hydrogens (primary N) is 1. The van der Waals surface area contributed by atoms with Gasteiger partial charge in [0.1, 0.15) is 0 Å². The summed E-state index contributed by atoms with van der Waals surface area (Å²) in [6.07, 6.45) is -3.26. The molecule has 1 aliphatic heterocycles. The van der Waals surface area contributed by atoms with E-state index in [1.54, 1.807) is 6.07 Å². The Morgan fingerprint density at radius 3 is 2.45 bits per heavy atom. The Morgan fingerprint density at radius 1 is 1.36 bits per heavy atom. The molecule has 0 spiro atoms. The third-order valence-corrected chi connectivity index (χ3v) is 3.90. The number of alkyl halides is 3. The topological polar surface area (TPSA) is 76.5 Å². The number of likely N-dealkylation sites (tertiary alicyclic amines) is 1. The molecule has 22 heavy (non-hydrogen) atoms. The highest BCUT2D eigenvalue weighted by atomic mass is 19.4. The molecule has 2 atom stereocenters. The second-order valence-corrected chi connectivity index (χ2v) is 5.73. The van der Waals surface area contributed by atoms with Gasteiger partial charge in [0.2, 0.25) is 5.91 Å². The van der Waals surface area contributed by atoms with Crippen molar-refractivity contribution in [3.63, 3.8) is 0 Å². The fraction of sp³-hybridized carbons (Fsp3) is 0.571. The zero-order valence-electron chi connectivity index (χ0n) is 12.2. The molecule has 5 nitrogen and oxygen atoms in total. The molecule has 0 radical (unpaired) electrons. The van der Waals surface area contributed by atoms with Crippen LogP contribution in [0.1, 0.15) is 35.9 Å². The van der Waals surface area contributed by atoms with Gasteiger partial charge >= 0.3 is 6.18 Å². The van der Waals surface area contributed by atoms with Crippen molar-refractivity contribution in [3.8, 4) is 0 Å². The summed E-state index contributed by atoms with van der Waals surface area (Å²) < 4.78 is 44.1. The lowest BCUT2D eigenvalue weighted by molar-refractivity contribution is -0.182. The Bertz CT molecular complexity index is 580. The Hall–Kier alpha value is -1.99. The van der Waals surface area contributed by atoms with Crippen LogP contribution < -0.4 is 5.73 Å². The molecule has 0 aliphatic carbocycles. The number of carbonyl (C=O) groups is 2. The van der Waals surface area contributed by atoms with Crippen LogP contribution in [0.25, 0.3) is 0 Å². The van der Waals surface area contributed by atoms with E-state index in [9.17, 15) is 22.8 Å². The Balaban J connectivity index is 2.25. The first-order chi connectivity index (χ1) is 10.1. The molecule has 0 bridgehead atoms. The number of carbonyl (C=O) groups excluding carboxylic acids is 2. The van der Waals surface area contributed by atoms with E-state index in [2.05, 4.69) is 0 Å². The lowest BCUT2D eigenvalue weighted by Gasteiger charge is -2.18. The molecule has 122 valence electrons. The van der Waals surface area contributed by atoms with Crippen molar-refractivity contribution in [2.75, 3.05) is 13.1 Å². The molecule has 8 heteroatoms. The zero-order valence-corrected chi connectivity index (χ0v) is 12.2. The minimum atomic E-state index is -4.58.